The second-order valence-corrected chi connectivity index (χ2v) is 7.17. The number of benzene rings is 2. The molecular formula is C19H22BrNO2. The van der Waals surface area contributed by atoms with Gasteiger partial charge in [-0.3, -0.25) is 4.79 Å². The van der Waals surface area contributed by atoms with Crippen LogP contribution in [0.2, 0.25) is 0 Å². The molecule has 1 atom stereocenters. The maximum atomic E-state index is 12.4. The number of hydrogen-bond acceptors (Lipinski definition) is 2. The quantitative estimate of drug-likeness (QED) is 0.814. The maximum absolute atomic E-state index is 12.4. The third-order valence-corrected chi connectivity index (χ3v) is 3.97. The van der Waals surface area contributed by atoms with Gasteiger partial charge in [-0.05, 0) is 57.0 Å². The van der Waals surface area contributed by atoms with Crippen LogP contribution in [0.4, 0.5) is 0 Å². The lowest BCUT2D eigenvalue weighted by atomic mass is 9.94. The van der Waals surface area contributed by atoms with Crippen LogP contribution in [-0.4, -0.2) is 17.6 Å². The second kappa shape index (κ2) is 7.64. The van der Waals surface area contributed by atoms with Gasteiger partial charge in [-0.1, -0.05) is 46.3 Å². The van der Waals surface area contributed by atoms with E-state index < -0.39 is 6.10 Å². The van der Waals surface area contributed by atoms with E-state index in [2.05, 4.69) is 33.4 Å². The zero-order valence-corrected chi connectivity index (χ0v) is 15.3. The van der Waals surface area contributed by atoms with E-state index in [1.807, 2.05) is 56.3 Å². The average Bonchev–Trinajstić information content (AvgIpc) is 2.49. The number of hydrogen-bond donors (Lipinski definition) is 1. The van der Waals surface area contributed by atoms with Crippen LogP contribution in [0.15, 0.2) is 59.1 Å². The van der Waals surface area contributed by atoms with Gasteiger partial charge in [0.2, 0.25) is 0 Å². The van der Waals surface area contributed by atoms with Crippen molar-refractivity contribution in [3.05, 3.63) is 64.6 Å². The third-order valence-electron chi connectivity index (χ3n) is 3.45. The molecule has 0 unspecified atom stereocenters. The van der Waals surface area contributed by atoms with E-state index in [0.717, 1.165) is 10.9 Å². The summed E-state index contributed by atoms with van der Waals surface area (Å²) in [6.07, 6.45) is 0.219. The molecule has 2 aromatic rings. The summed E-state index contributed by atoms with van der Waals surface area (Å²) >= 11 is 3.38. The molecule has 2 aromatic carbocycles. The molecule has 0 aliphatic carbocycles. The minimum atomic E-state index is -0.550. The normalized spacial score (nSPS) is 12.5. The van der Waals surface area contributed by atoms with E-state index in [9.17, 15) is 4.79 Å². The highest BCUT2D eigenvalue weighted by Gasteiger charge is 2.24. The van der Waals surface area contributed by atoms with Crippen LogP contribution < -0.4 is 10.1 Å². The summed E-state index contributed by atoms with van der Waals surface area (Å²) in [6, 6.07) is 17.6. The first-order valence-corrected chi connectivity index (χ1v) is 8.43. The number of carbonyl (C=O) groups is 1. The Balaban J connectivity index is 1.92. The lowest BCUT2D eigenvalue weighted by Crippen LogP contribution is -2.49. The highest BCUT2D eigenvalue weighted by molar-refractivity contribution is 9.10. The number of rotatable bonds is 6. The van der Waals surface area contributed by atoms with Crippen LogP contribution in [0.5, 0.6) is 5.75 Å². The zero-order valence-electron chi connectivity index (χ0n) is 13.7. The fourth-order valence-corrected chi connectivity index (χ4v) is 2.62. The van der Waals surface area contributed by atoms with Crippen molar-refractivity contribution < 1.29 is 9.53 Å². The number of carbonyl (C=O) groups excluding carboxylic acids is 1. The first kappa shape index (κ1) is 17.5. The van der Waals surface area contributed by atoms with E-state index in [-0.39, 0.29) is 11.4 Å². The fourth-order valence-electron chi connectivity index (χ4n) is 2.36. The Labute approximate surface area is 146 Å². The molecule has 0 aliphatic rings. The topological polar surface area (TPSA) is 38.3 Å². The standard InChI is InChI=1S/C19H22BrNO2/c1-14(23-17-11-9-16(20)10-12-17)18(22)21-19(2,3)13-15-7-5-4-6-8-15/h4-12,14H,13H2,1-3H3,(H,21,22)/t14-/m0/s1. The molecule has 1 amide bonds. The predicted molar refractivity (Wildman–Crippen MR) is 96.6 cm³/mol. The summed E-state index contributed by atoms with van der Waals surface area (Å²) in [5.74, 6) is 0.561. The molecule has 0 saturated carbocycles. The van der Waals surface area contributed by atoms with E-state index in [0.29, 0.717) is 5.75 Å². The summed E-state index contributed by atoms with van der Waals surface area (Å²) in [4.78, 5) is 12.4. The molecular weight excluding hydrogens is 354 g/mol. The molecule has 1 N–H and O–H groups in total. The van der Waals surface area contributed by atoms with Crippen LogP contribution >= 0.6 is 15.9 Å². The smallest absolute Gasteiger partial charge is 0.261 e. The molecule has 23 heavy (non-hydrogen) atoms. The van der Waals surface area contributed by atoms with Crippen molar-refractivity contribution in [2.24, 2.45) is 0 Å². The maximum Gasteiger partial charge on any atom is 0.261 e. The van der Waals surface area contributed by atoms with Gasteiger partial charge < -0.3 is 10.1 Å². The molecule has 0 heterocycles. The molecule has 0 aliphatic heterocycles. The van der Waals surface area contributed by atoms with Crippen LogP contribution in [0.1, 0.15) is 26.3 Å². The molecule has 3 nitrogen and oxygen atoms in total. The summed E-state index contributed by atoms with van der Waals surface area (Å²) in [7, 11) is 0. The van der Waals surface area contributed by atoms with Gasteiger partial charge in [0.25, 0.3) is 5.91 Å². The van der Waals surface area contributed by atoms with Crippen molar-refractivity contribution >= 4 is 21.8 Å². The van der Waals surface area contributed by atoms with E-state index in [1.54, 1.807) is 6.92 Å². The minimum absolute atomic E-state index is 0.117. The molecule has 4 heteroatoms. The van der Waals surface area contributed by atoms with Gasteiger partial charge in [-0.15, -0.1) is 0 Å². The van der Waals surface area contributed by atoms with Gasteiger partial charge in [0.1, 0.15) is 5.75 Å². The van der Waals surface area contributed by atoms with Crippen molar-refractivity contribution in [1.82, 2.24) is 5.32 Å². The second-order valence-electron chi connectivity index (χ2n) is 6.25. The summed E-state index contributed by atoms with van der Waals surface area (Å²) in [5.41, 5.74) is 0.856. The van der Waals surface area contributed by atoms with Crippen molar-refractivity contribution in [3.8, 4) is 5.75 Å². The van der Waals surface area contributed by atoms with Crippen LogP contribution in [0.3, 0.4) is 0 Å². The monoisotopic (exact) mass is 375 g/mol. The molecule has 0 spiro atoms. The van der Waals surface area contributed by atoms with Crippen LogP contribution in [0.25, 0.3) is 0 Å². The van der Waals surface area contributed by atoms with Crippen molar-refractivity contribution in [2.75, 3.05) is 0 Å². The van der Waals surface area contributed by atoms with E-state index >= 15 is 0 Å². The number of ether oxygens (including phenoxy) is 1. The Bertz CT molecular complexity index is 638. The molecule has 0 fully saturated rings. The lowest BCUT2D eigenvalue weighted by molar-refractivity contribution is -0.128. The average molecular weight is 376 g/mol. The Morgan fingerprint density at radius 1 is 1.13 bits per heavy atom. The zero-order chi connectivity index (χ0) is 16.9. The van der Waals surface area contributed by atoms with Crippen LogP contribution in [-0.2, 0) is 11.2 Å². The Kier molecular flexibility index (Phi) is 5.83. The SMILES string of the molecule is C[C@H](Oc1ccc(Br)cc1)C(=O)NC(C)(C)Cc1ccccc1. The highest BCUT2D eigenvalue weighted by atomic mass is 79.9. The molecule has 0 radical (unpaired) electrons. The molecule has 0 aromatic heterocycles. The number of halogens is 1. The Morgan fingerprint density at radius 2 is 1.74 bits per heavy atom. The summed E-state index contributed by atoms with van der Waals surface area (Å²) in [5, 5.41) is 3.06. The van der Waals surface area contributed by atoms with Gasteiger partial charge in [-0.25, -0.2) is 0 Å². The predicted octanol–water partition coefficient (Wildman–Crippen LogP) is 4.35. The van der Waals surface area contributed by atoms with E-state index in [4.69, 9.17) is 4.74 Å². The molecule has 2 rings (SSSR count). The van der Waals surface area contributed by atoms with Crippen molar-refractivity contribution in [3.63, 3.8) is 0 Å². The minimum Gasteiger partial charge on any atom is -0.481 e. The molecule has 122 valence electrons. The number of amides is 1. The highest BCUT2D eigenvalue weighted by Crippen LogP contribution is 2.18. The van der Waals surface area contributed by atoms with Gasteiger partial charge in [0.15, 0.2) is 6.10 Å². The van der Waals surface area contributed by atoms with Gasteiger partial charge in [-0.2, -0.15) is 0 Å². The largest absolute Gasteiger partial charge is 0.481 e. The van der Waals surface area contributed by atoms with E-state index in [1.165, 1.54) is 5.56 Å². The Hall–Kier alpha value is -1.81. The molecule has 0 bridgehead atoms. The van der Waals surface area contributed by atoms with Gasteiger partial charge >= 0.3 is 0 Å². The third kappa shape index (κ3) is 5.71. The van der Waals surface area contributed by atoms with Gasteiger partial charge in [0, 0.05) is 10.0 Å². The Morgan fingerprint density at radius 3 is 2.35 bits per heavy atom. The van der Waals surface area contributed by atoms with Gasteiger partial charge in [0.05, 0.1) is 0 Å². The van der Waals surface area contributed by atoms with Crippen LogP contribution in [0, 0.1) is 0 Å². The lowest BCUT2D eigenvalue weighted by Gasteiger charge is -2.28. The summed E-state index contributed by atoms with van der Waals surface area (Å²) < 4.78 is 6.67. The number of nitrogens with one attached hydrogen (secondary N) is 1. The van der Waals surface area contributed by atoms with Crippen molar-refractivity contribution in [2.45, 2.75) is 38.8 Å². The first-order chi connectivity index (χ1) is 10.9. The molecule has 0 saturated heterocycles. The fraction of sp³-hybridized carbons (Fsp3) is 0.316. The summed E-state index contributed by atoms with van der Waals surface area (Å²) in [6.45, 7) is 5.80. The van der Waals surface area contributed by atoms with Crippen molar-refractivity contribution in [1.29, 1.82) is 0 Å². The first-order valence-electron chi connectivity index (χ1n) is 7.64.